The molecule has 0 amide bonds. The van der Waals surface area contributed by atoms with Crippen molar-refractivity contribution in [2.75, 3.05) is 11.3 Å². The molecule has 1 aliphatic rings. The van der Waals surface area contributed by atoms with Crippen LogP contribution in [0.5, 0.6) is 0 Å². The molecule has 150 valence electrons. The van der Waals surface area contributed by atoms with Crippen molar-refractivity contribution >= 4 is 23.5 Å². The fourth-order valence-corrected chi connectivity index (χ4v) is 4.04. The number of benzene rings is 2. The second kappa shape index (κ2) is 8.03. The monoisotopic (exact) mass is 411 g/mol. The van der Waals surface area contributed by atoms with Gasteiger partial charge >= 0.3 is 6.18 Å². The zero-order valence-corrected chi connectivity index (χ0v) is 16.3. The summed E-state index contributed by atoms with van der Waals surface area (Å²) in [6.07, 6.45) is -4.07. The summed E-state index contributed by atoms with van der Waals surface area (Å²) in [5, 5.41) is 8.45. The van der Waals surface area contributed by atoms with Gasteiger partial charge in [-0.2, -0.15) is 13.2 Å². The Bertz CT molecular complexity index is 865. The van der Waals surface area contributed by atoms with Crippen molar-refractivity contribution in [2.45, 2.75) is 43.8 Å². The van der Waals surface area contributed by atoms with Gasteiger partial charge in [0, 0.05) is 17.0 Å². The molecule has 1 fully saturated rings. The van der Waals surface area contributed by atoms with Crippen LogP contribution in [0.15, 0.2) is 41.3 Å². The highest BCUT2D eigenvalue weighted by molar-refractivity contribution is 8.00. The highest BCUT2D eigenvalue weighted by Crippen LogP contribution is 2.36. The van der Waals surface area contributed by atoms with E-state index in [4.69, 9.17) is 5.41 Å². The van der Waals surface area contributed by atoms with Gasteiger partial charge in [-0.1, -0.05) is 17.7 Å². The van der Waals surface area contributed by atoms with Crippen LogP contribution in [0.4, 0.5) is 23.2 Å². The summed E-state index contributed by atoms with van der Waals surface area (Å²) in [5.74, 6) is -0.737. The number of alkyl halides is 3. The van der Waals surface area contributed by atoms with Crippen LogP contribution in [-0.4, -0.2) is 29.5 Å². The van der Waals surface area contributed by atoms with E-state index in [1.807, 2.05) is 31.2 Å². The van der Waals surface area contributed by atoms with E-state index in [9.17, 15) is 17.6 Å². The Kier molecular flexibility index (Phi) is 5.88. The zero-order valence-electron chi connectivity index (χ0n) is 15.5. The maximum absolute atomic E-state index is 14.0. The van der Waals surface area contributed by atoms with E-state index < -0.39 is 18.0 Å². The molecule has 1 aliphatic heterocycles. The van der Waals surface area contributed by atoms with Crippen LogP contribution in [0.2, 0.25) is 0 Å². The van der Waals surface area contributed by atoms with E-state index >= 15 is 0 Å². The molecule has 2 N–H and O–H groups in total. The molecule has 2 aromatic rings. The smallest absolute Gasteiger partial charge is 0.344 e. The summed E-state index contributed by atoms with van der Waals surface area (Å²) < 4.78 is 57.0. The van der Waals surface area contributed by atoms with Crippen LogP contribution in [0, 0.1) is 25.1 Å². The van der Waals surface area contributed by atoms with Gasteiger partial charge < -0.3 is 9.62 Å². The van der Waals surface area contributed by atoms with Crippen LogP contribution in [0.1, 0.15) is 29.5 Å². The number of hydrogen-bond acceptors (Lipinski definition) is 3. The van der Waals surface area contributed by atoms with Gasteiger partial charge in [-0.25, -0.2) is 4.39 Å². The quantitative estimate of drug-likeness (QED) is 0.284. The molecule has 1 atom stereocenters. The first kappa shape index (κ1) is 20.5. The number of anilines is 1. The fourth-order valence-electron chi connectivity index (χ4n) is 3.38. The largest absolute Gasteiger partial charge is 0.408 e. The van der Waals surface area contributed by atoms with Crippen molar-refractivity contribution in [3.05, 3.63) is 58.9 Å². The van der Waals surface area contributed by atoms with Crippen molar-refractivity contribution in [1.82, 2.24) is 4.90 Å². The van der Waals surface area contributed by atoms with Gasteiger partial charge in [-0.05, 0) is 68.5 Å². The summed E-state index contributed by atoms with van der Waals surface area (Å²) in [5.41, 5.74) is 2.10. The summed E-state index contributed by atoms with van der Waals surface area (Å²) >= 11 is 1.23. The van der Waals surface area contributed by atoms with Crippen LogP contribution in [0.25, 0.3) is 0 Å². The molecule has 1 heterocycles. The van der Waals surface area contributed by atoms with Crippen molar-refractivity contribution in [3.8, 4) is 0 Å². The van der Waals surface area contributed by atoms with Gasteiger partial charge in [0.25, 0.3) is 0 Å². The number of rotatable bonds is 4. The average Bonchev–Trinajstić information content (AvgIpc) is 3.10. The van der Waals surface area contributed by atoms with Gasteiger partial charge in [0.2, 0.25) is 0 Å². The zero-order chi connectivity index (χ0) is 20.5. The highest BCUT2D eigenvalue weighted by atomic mass is 32.2. The summed E-state index contributed by atoms with van der Waals surface area (Å²) in [7, 11) is 0. The van der Waals surface area contributed by atoms with E-state index in [1.54, 1.807) is 6.92 Å². The molecule has 3 nitrogen and oxygen atoms in total. The highest BCUT2D eigenvalue weighted by Gasteiger charge is 2.47. The summed E-state index contributed by atoms with van der Waals surface area (Å²) in [6.45, 7) is 3.72. The van der Waals surface area contributed by atoms with E-state index in [1.165, 1.54) is 24.1 Å². The lowest BCUT2D eigenvalue weighted by molar-refractivity contribution is -0.166. The minimum Gasteiger partial charge on any atom is -0.344 e. The van der Waals surface area contributed by atoms with Crippen LogP contribution >= 0.6 is 11.9 Å². The average molecular weight is 411 g/mol. The molecule has 28 heavy (non-hydrogen) atoms. The molecule has 3 rings (SSSR count). The number of aryl methyl sites for hydroxylation is 2. The molecule has 2 aromatic carbocycles. The van der Waals surface area contributed by atoms with Gasteiger partial charge in [0.15, 0.2) is 0 Å². The van der Waals surface area contributed by atoms with Crippen molar-refractivity contribution in [3.63, 3.8) is 0 Å². The Morgan fingerprint density at radius 1 is 1.18 bits per heavy atom. The first-order valence-corrected chi connectivity index (χ1v) is 9.70. The van der Waals surface area contributed by atoms with E-state index in [0.29, 0.717) is 17.7 Å². The SMILES string of the molecule is Cc1ccc(SNc2cc(F)cc(C)c2C(=N)N2CCCC2C(F)(F)F)cc1. The molecular weight excluding hydrogens is 390 g/mol. The number of likely N-dealkylation sites (tertiary alicyclic amines) is 1. The van der Waals surface area contributed by atoms with Gasteiger partial charge in [0.1, 0.15) is 17.7 Å². The molecule has 8 heteroatoms. The third-order valence-corrected chi connectivity index (χ3v) is 5.58. The minimum atomic E-state index is -4.40. The molecule has 0 aromatic heterocycles. The fraction of sp³-hybridized carbons (Fsp3) is 0.350. The van der Waals surface area contributed by atoms with Crippen molar-refractivity contribution < 1.29 is 17.6 Å². The van der Waals surface area contributed by atoms with Crippen LogP contribution in [-0.2, 0) is 0 Å². The van der Waals surface area contributed by atoms with Gasteiger partial charge in [-0.15, -0.1) is 0 Å². The van der Waals surface area contributed by atoms with Gasteiger partial charge in [-0.3, -0.25) is 5.41 Å². The first-order chi connectivity index (χ1) is 13.2. The molecule has 0 bridgehead atoms. The van der Waals surface area contributed by atoms with E-state index in [0.717, 1.165) is 15.4 Å². The minimum absolute atomic E-state index is 0.0347. The third kappa shape index (κ3) is 4.43. The lowest BCUT2D eigenvalue weighted by atomic mass is 10.0. The lowest BCUT2D eigenvalue weighted by Gasteiger charge is -2.30. The maximum Gasteiger partial charge on any atom is 0.408 e. The standard InChI is InChI=1S/C20H21F4N3S/c1-12-5-7-15(8-6-12)28-26-16-11-14(21)10-13(2)18(16)19(25)27-9-3-4-17(27)20(22,23)24/h5-8,10-11,17,25-26H,3-4,9H2,1-2H3. The number of hydrogen-bond donors (Lipinski definition) is 2. The number of nitrogens with one attached hydrogen (secondary N) is 2. The van der Waals surface area contributed by atoms with Crippen LogP contribution < -0.4 is 4.72 Å². The topological polar surface area (TPSA) is 39.1 Å². The lowest BCUT2D eigenvalue weighted by Crippen LogP contribution is -2.44. The number of halogens is 4. The molecule has 0 spiro atoms. The van der Waals surface area contributed by atoms with Crippen molar-refractivity contribution in [2.24, 2.45) is 0 Å². The Morgan fingerprint density at radius 2 is 1.86 bits per heavy atom. The number of nitrogens with zero attached hydrogens (tertiary/aromatic N) is 1. The Morgan fingerprint density at radius 3 is 2.50 bits per heavy atom. The second-order valence-electron chi connectivity index (χ2n) is 6.90. The maximum atomic E-state index is 14.0. The first-order valence-electron chi connectivity index (χ1n) is 8.89. The van der Waals surface area contributed by atoms with E-state index in [2.05, 4.69) is 4.72 Å². The van der Waals surface area contributed by atoms with E-state index in [-0.39, 0.29) is 24.4 Å². The second-order valence-corrected chi connectivity index (χ2v) is 7.78. The Labute approximate surface area is 165 Å². The molecule has 1 saturated heterocycles. The Hall–Kier alpha value is -2.22. The molecule has 1 unspecified atom stereocenters. The van der Waals surface area contributed by atoms with Gasteiger partial charge in [0.05, 0.1) is 5.69 Å². The normalized spacial score (nSPS) is 17.1. The molecule has 0 aliphatic carbocycles. The predicted octanol–water partition coefficient (Wildman–Crippen LogP) is 5.91. The predicted molar refractivity (Wildman–Crippen MR) is 104 cm³/mol. The number of amidine groups is 1. The molecule has 0 radical (unpaired) electrons. The third-order valence-electron chi connectivity index (χ3n) is 4.75. The molecule has 0 saturated carbocycles. The summed E-state index contributed by atoms with van der Waals surface area (Å²) in [6, 6.07) is 8.43. The Balaban J connectivity index is 1.89. The molecular formula is C20H21F4N3S. The van der Waals surface area contributed by atoms with Crippen molar-refractivity contribution in [1.29, 1.82) is 5.41 Å². The summed E-state index contributed by atoms with van der Waals surface area (Å²) in [4.78, 5) is 1.95. The van der Waals surface area contributed by atoms with Crippen LogP contribution in [0.3, 0.4) is 0 Å².